The standard InChI is InChI=1S/C17H26N2O2/c1-13-6-7-15(14(2)12-13)18-8-10-19(11-9-18)16(20)21-17(3,4)5/h6-7,12H,8-11H2,1-5H3. The van der Waals surface area contributed by atoms with Gasteiger partial charge in [-0.3, -0.25) is 0 Å². The highest BCUT2D eigenvalue weighted by atomic mass is 16.6. The molecule has 0 radical (unpaired) electrons. The normalized spacial score (nSPS) is 16.0. The topological polar surface area (TPSA) is 32.8 Å². The maximum Gasteiger partial charge on any atom is 0.410 e. The molecule has 1 aromatic carbocycles. The van der Waals surface area contributed by atoms with Crippen LogP contribution in [0.15, 0.2) is 18.2 Å². The van der Waals surface area contributed by atoms with Crippen molar-refractivity contribution < 1.29 is 9.53 Å². The van der Waals surface area contributed by atoms with Gasteiger partial charge in [0.1, 0.15) is 5.60 Å². The predicted octanol–water partition coefficient (Wildman–Crippen LogP) is 3.36. The van der Waals surface area contributed by atoms with Crippen molar-refractivity contribution in [3.8, 4) is 0 Å². The summed E-state index contributed by atoms with van der Waals surface area (Å²) in [5.74, 6) is 0. The minimum absolute atomic E-state index is 0.206. The number of hydrogen-bond donors (Lipinski definition) is 0. The molecule has 1 aliphatic heterocycles. The van der Waals surface area contributed by atoms with Crippen LogP contribution in [0.4, 0.5) is 10.5 Å². The summed E-state index contributed by atoms with van der Waals surface area (Å²) in [5, 5.41) is 0. The van der Waals surface area contributed by atoms with E-state index < -0.39 is 5.60 Å². The Morgan fingerprint density at radius 1 is 1.10 bits per heavy atom. The van der Waals surface area contributed by atoms with Gasteiger partial charge in [0.25, 0.3) is 0 Å². The molecule has 1 aliphatic rings. The number of rotatable bonds is 1. The lowest BCUT2D eigenvalue weighted by Crippen LogP contribution is -2.50. The second kappa shape index (κ2) is 5.96. The third-order valence-corrected chi connectivity index (χ3v) is 3.62. The number of hydrogen-bond acceptors (Lipinski definition) is 3. The number of carbonyl (C=O) groups excluding carboxylic acids is 1. The smallest absolute Gasteiger partial charge is 0.410 e. The van der Waals surface area contributed by atoms with Crippen molar-refractivity contribution >= 4 is 11.8 Å². The number of aryl methyl sites for hydroxylation is 2. The molecule has 0 aliphatic carbocycles. The fourth-order valence-corrected chi connectivity index (χ4v) is 2.62. The van der Waals surface area contributed by atoms with Crippen LogP contribution < -0.4 is 4.90 Å². The molecule has 1 fully saturated rings. The molecule has 1 heterocycles. The number of anilines is 1. The molecule has 1 saturated heterocycles. The molecule has 2 rings (SSSR count). The molecule has 0 aromatic heterocycles. The molecule has 116 valence electrons. The Labute approximate surface area is 127 Å². The summed E-state index contributed by atoms with van der Waals surface area (Å²) >= 11 is 0. The molecule has 1 amide bonds. The van der Waals surface area contributed by atoms with E-state index in [9.17, 15) is 4.79 Å². The zero-order chi connectivity index (χ0) is 15.6. The average molecular weight is 290 g/mol. The fraction of sp³-hybridized carbons (Fsp3) is 0.588. The van der Waals surface area contributed by atoms with Crippen LogP contribution >= 0.6 is 0 Å². The molecule has 0 bridgehead atoms. The molecule has 4 nitrogen and oxygen atoms in total. The number of carbonyl (C=O) groups is 1. The van der Waals surface area contributed by atoms with Gasteiger partial charge in [0.05, 0.1) is 0 Å². The highest BCUT2D eigenvalue weighted by Gasteiger charge is 2.26. The van der Waals surface area contributed by atoms with Gasteiger partial charge in [0, 0.05) is 31.9 Å². The van der Waals surface area contributed by atoms with Crippen molar-refractivity contribution in [2.24, 2.45) is 0 Å². The van der Waals surface area contributed by atoms with Gasteiger partial charge in [-0.25, -0.2) is 4.79 Å². The van der Waals surface area contributed by atoms with Crippen molar-refractivity contribution in [2.45, 2.75) is 40.2 Å². The van der Waals surface area contributed by atoms with Gasteiger partial charge in [-0.2, -0.15) is 0 Å². The Morgan fingerprint density at radius 2 is 1.71 bits per heavy atom. The number of amides is 1. The Morgan fingerprint density at radius 3 is 2.24 bits per heavy atom. The van der Waals surface area contributed by atoms with Crippen molar-refractivity contribution in [3.05, 3.63) is 29.3 Å². The third kappa shape index (κ3) is 4.13. The monoisotopic (exact) mass is 290 g/mol. The van der Waals surface area contributed by atoms with E-state index in [0.29, 0.717) is 13.1 Å². The van der Waals surface area contributed by atoms with E-state index in [1.54, 1.807) is 4.90 Å². The lowest BCUT2D eigenvalue weighted by atomic mass is 10.1. The van der Waals surface area contributed by atoms with Crippen LogP contribution in [0.25, 0.3) is 0 Å². The van der Waals surface area contributed by atoms with Crippen molar-refractivity contribution in [1.29, 1.82) is 0 Å². The van der Waals surface area contributed by atoms with Crippen molar-refractivity contribution in [3.63, 3.8) is 0 Å². The van der Waals surface area contributed by atoms with Crippen LogP contribution in [0.1, 0.15) is 31.9 Å². The first-order valence-electron chi connectivity index (χ1n) is 7.56. The largest absolute Gasteiger partial charge is 0.444 e. The summed E-state index contributed by atoms with van der Waals surface area (Å²) in [6.45, 7) is 13.1. The Kier molecular flexibility index (Phi) is 4.45. The van der Waals surface area contributed by atoms with Crippen LogP contribution in [0, 0.1) is 13.8 Å². The van der Waals surface area contributed by atoms with Gasteiger partial charge >= 0.3 is 6.09 Å². The maximum absolute atomic E-state index is 12.1. The highest BCUT2D eigenvalue weighted by molar-refractivity contribution is 5.68. The van der Waals surface area contributed by atoms with E-state index >= 15 is 0 Å². The number of benzene rings is 1. The Bertz CT molecular complexity index is 512. The van der Waals surface area contributed by atoms with Gasteiger partial charge in [-0.05, 0) is 46.2 Å². The molecular formula is C17H26N2O2. The zero-order valence-corrected chi connectivity index (χ0v) is 13.8. The van der Waals surface area contributed by atoms with E-state index in [1.165, 1.54) is 16.8 Å². The highest BCUT2D eigenvalue weighted by Crippen LogP contribution is 2.23. The quantitative estimate of drug-likeness (QED) is 0.795. The molecule has 0 atom stereocenters. The summed E-state index contributed by atoms with van der Waals surface area (Å²) in [6.07, 6.45) is -0.206. The Hall–Kier alpha value is -1.71. The second-order valence-electron chi connectivity index (χ2n) is 6.74. The van der Waals surface area contributed by atoms with Gasteiger partial charge < -0.3 is 14.5 Å². The van der Waals surface area contributed by atoms with Crippen LogP contribution in [-0.2, 0) is 4.74 Å². The average Bonchev–Trinajstić information content (AvgIpc) is 2.37. The van der Waals surface area contributed by atoms with Gasteiger partial charge in [-0.15, -0.1) is 0 Å². The van der Waals surface area contributed by atoms with E-state index in [0.717, 1.165) is 13.1 Å². The minimum Gasteiger partial charge on any atom is -0.444 e. The second-order valence-corrected chi connectivity index (χ2v) is 6.74. The summed E-state index contributed by atoms with van der Waals surface area (Å²) in [5.41, 5.74) is 3.41. The van der Waals surface area contributed by atoms with E-state index in [-0.39, 0.29) is 6.09 Å². The van der Waals surface area contributed by atoms with Gasteiger partial charge in [0.15, 0.2) is 0 Å². The predicted molar refractivity (Wildman–Crippen MR) is 85.9 cm³/mol. The van der Waals surface area contributed by atoms with Crippen molar-refractivity contribution in [1.82, 2.24) is 4.90 Å². The van der Waals surface area contributed by atoms with Crippen LogP contribution in [0.3, 0.4) is 0 Å². The van der Waals surface area contributed by atoms with Crippen LogP contribution in [0.5, 0.6) is 0 Å². The Balaban J connectivity index is 1.95. The van der Waals surface area contributed by atoms with Gasteiger partial charge in [-0.1, -0.05) is 17.7 Å². The maximum atomic E-state index is 12.1. The summed E-state index contributed by atoms with van der Waals surface area (Å²) in [4.78, 5) is 16.2. The fourth-order valence-electron chi connectivity index (χ4n) is 2.62. The minimum atomic E-state index is -0.429. The first kappa shape index (κ1) is 15.7. The molecule has 0 N–H and O–H groups in total. The van der Waals surface area contributed by atoms with Crippen LogP contribution in [-0.4, -0.2) is 42.8 Å². The third-order valence-electron chi connectivity index (χ3n) is 3.62. The number of ether oxygens (including phenoxy) is 1. The lowest BCUT2D eigenvalue weighted by Gasteiger charge is -2.37. The zero-order valence-electron chi connectivity index (χ0n) is 13.8. The van der Waals surface area contributed by atoms with E-state index in [2.05, 4.69) is 36.9 Å². The molecule has 21 heavy (non-hydrogen) atoms. The summed E-state index contributed by atoms with van der Waals surface area (Å²) in [7, 11) is 0. The molecule has 0 saturated carbocycles. The van der Waals surface area contributed by atoms with Crippen LogP contribution in [0.2, 0.25) is 0 Å². The first-order valence-corrected chi connectivity index (χ1v) is 7.56. The number of piperazine rings is 1. The van der Waals surface area contributed by atoms with Crippen molar-refractivity contribution in [2.75, 3.05) is 31.1 Å². The molecular weight excluding hydrogens is 264 g/mol. The molecule has 0 unspecified atom stereocenters. The van der Waals surface area contributed by atoms with E-state index in [1.807, 2.05) is 20.8 Å². The first-order chi connectivity index (χ1) is 9.76. The molecule has 0 spiro atoms. The summed E-state index contributed by atoms with van der Waals surface area (Å²) < 4.78 is 5.43. The number of nitrogens with zero attached hydrogens (tertiary/aromatic N) is 2. The molecule has 4 heteroatoms. The van der Waals surface area contributed by atoms with Gasteiger partial charge in [0.2, 0.25) is 0 Å². The van der Waals surface area contributed by atoms with E-state index in [4.69, 9.17) is 4.74 Å². The SMILES string of the molecule is Cc1ccc(N2CCN(C(=O)OC(C)(C)C)CC2)c(C)c1. The lowest BCUT2D eigenvalue weighted by molar-refractivity contribution is 0.0240. The summed E-state index contributed by atoms with van der Waals surface area (Å²) in [6, 6.07) is 6.52. The molecule has 1 aromatic rings.